The van der Waals surface area contributed by atoms with E-state index in [9.17, 15) is 0 Å². The maximum Gasteiger partial charge on any atom is 0.118 e. The Kier molecular flexibility index (Phi) is 4.15. The molecule has 3 rings (SSSR count). The van der Waals surface area contributed by atoms with Gasteiger partial charge in [-0.2, -0.15) is 0 Å². The van der Waals surface area contributed by atoms with Gasteiger partial charge in [0.15, 0.2) is 0 Å². The van der Waals surface area contributed by atoms with E-state index >= 15 is 0 Å². The van der Waals surface area contributed by atoms with Crippen LogP contribution in [0, 0.1) is 6.92 Å². The van der Waals surface area contributed by atoms with Crippen LogP contribution in [0.3, 0.4) is 0 Å². The Morgan fingerprint density at radius 3 is 2.60 bits per heavy atom. The van der Waals surface area contributed by atoms with Gasteiger partial charge >= 0.3 is 0 Å². The molecule has 1 saturated carbocycles. The van der Waals surface area contributed by atoms with Gasteiger partial charge in [0.1, 0.15) is 11.5 Å². The van der Waals surface area contributed by atoms with Crippen LogP contribution in [0.5, 0.6) is 0 Å². The van der Waals surface area contributed by atoms with Gasteiger partial charge in [-0.25, -0.2) is 0 Å². The molecule has 1 aliphatic carbocycles. The van der Waals surface area contributed by atoms with E-state index in [1.807, 2.05) is 0 Å². The molecule has 0 radical (unpaired) electrons. The molecule has 1 aromatic heterocycles. The monoisotopic (exact) mass is 278 g/mol. The third-order valence-electron chi connectivity index (χ3n) is 4.10. The first-order valence-electron chi connectivity index (χ1n) is 7.79. The summed E-state index contributed by atoms with van der Waals surface area (Å²) >= 11 is 0. The Bertz CT molecular complexity index is 443. The molecule has 2 aliphatic rings. The quantitative estimate of drug-likeness (QED) is 0.898. The Morgan fingerprint density at radius 2 is 1.95 bits per heavy atom. The Hall–Kier alpha value is -0.840. The summed E-state index contributed by atoms with van der Waals surface area (Å²) in [7, 11) is 0. The average molecular weight is 278 g/mol. The molecule has 4 heteroatoms. The third kappa shape index (κ3) is 3.62. The lowest BCUT2D eigenvalue weighted by Crippen LogP contribution is -2.44. The van der Waals surface area contributed by atoms with Crippen molar-refractivity contribution in [1.29, 1.82) is 0 Å². The van der Waals surface area contributed by atoms with Crippen molar-refractivity contribution in [2.75, 3.05) is 13.1 Å². The van der Waals surface area contributed by atoms with Crippen molar-refractivity contribution in [1.82, 2.24) is 10.2 Å². The van der Waals surface area contributed by atoms with Gasteiger partial charge in [-0.05, 0) is 39.7 Å². The molecule has 20 heavy (non-hydrogen) atoms. The van der Waals surface area contributed by atoms with E-state index in [-0.39, 0.29) is 0 Å². The first kappa shape index (κ1) is 14.1. The van der Waals surface area contributed by atoms with Gasteiger partial charge in [-0.15, -0.1) is 0 Å². The molecule has 1 aliphatic heterocycles. The van der Waals surface area contributed by atoms with Gasteiger partial charge in [0, 0.05) is 31.2 Å². The summed E-state index contributed by atoms with van der Waals surface area (Å²) in [5, 5.41) is 3.50. The van der Waals surface area contributed by atoms with Crippen molar-refractivity contribution < 1.29 is 9.15 Å². The number of rotatable bonds is 5. The van der Waals surface area contributed by atoms with Crippen LogP contribution in [0.25, 0.3) is 0 Å². The van der Waals surface area contributed by atoms with Crippen LogP contribution in [-0.4, -0.2) is 36.2 Å². The van der Waals surface area contributed by atoms with E-state index in [1.54, 1.807) is 0 Å². The summed E-state index contributed by atoms with van der Waals surface area (Å²) in [6, 6.07) is 2.94. The summed E-state index contributed by atoms with van der Waals surface area (Å²) in [6.07, 6.45) is 3.27. The second kappa shape index (κ2) is 5.88. The zero-order chi connectivity index (χ0) is 14.1. The molecule has 2 atom stereocenters. The number of aryl methyl sites for hydroxylation is 1. The number of hydrogen-bond donors (Lipinski definition) is 1. The van der Waals surface area contributed by atoms with Crippen molar-refractivity contribution in [3.63, 3.8) is 0 Å². The lowest BCUT2D eigenvalue weighted by Gasteiger charge is -2.35. The first-order chi connectivity index (χ1) is 9.60. The van der Waals surface area contributed by atoms with Crippen LogP contribution in [0.2, 0.25) is 0 Å². The number of furan rings is 1. The maximum atomic E-state index is 5.87. The van der Waals surface area contributed by atoms with Crippen molar-refractivity contribution >= 4 is 0 Å². The Morgan fingerprint density at radius 1 is 1.25 bits per heavy atom. The topological polar surface area (TPSA) is 37.6 Å². The summed E-state index contributed by atoms with van der Waals surface area (Å²) < 4.78 is 11.7. The van der Waals surface area contributed by atoms with Gasteiger partial charge < -0.3 is 14.5 Å². The number of ether oxygens (including phenoxy) is 1. The predicted octanol–water partition coefficient (Wildman–Crippen LogP) is 2.45. The van der Waals surface area contributed by atoms with Gasteiger partial charge in [-0.3, -0.25) is 4.90 Å². The van der Waals surface area contributed by atoms with Crippen LogP contribution in [0.4, 0.5) is 0 Å². The van der Waals surface area contributed by atoms with E-state index in [0.29, 0.717) is 12.2 Å². The molecule has 2 fully saturated rings. The highest BCUT2D eigenvalue weighted by molar-refractivity contribution is 5.21. The summed E-state index contributed by atoms with van der Waals surface area (Å²) in [5.41, 5.74) is 1.32. The second-order valence-electron chi connectivity index (χ2n) is 6.40. The normalized spacial score (nSPS) is 27.9. The smallest absolute Gasteiger partial charge is 0.118 e. The zero-order valence-corrected chi connectivity index (χ0v) is 12.8. The van der Waals surface area contributed by atoms with E-state index in [2.05, 4.69) is 37.1 Å². The minimum Gasteiger partial charge on any atom is -0.465 e. The van der Waals surface area contributed by atoms with Crippen molar-refractivity contribution in [3.8, 4) is 0 Å². The van der Waals surface area contributed by atoms with E-state index < -0.39 is 0 Å². The molecule has 2 heterocycles. The second-order valence-corrected chi connectivity index (χ2v) is 6.40. The Balaban J connectivity index is 1.58. The highest BCUT2D eigenvalue weighted by Crippen LogP contribution is 2.22. The van der Waals surface area contributed by atoms with Crippen LogP contribution < -0.4 is 5.32 Å². The van der Waals surface area contributed by atoms with Crippen molar-refractivity contribution in [2.45, 2.75) is 65.0 Å². The molecule has 1 N–H and O–H groups in total. The summed E-state index contributed by atoms with van der Waals surface area (Å²) in [4.78, 5) is 2.47. The molecule has 112 valence electrons. The summed E-state index contributed by atoms with van der Waals surface area (Å²) in [5.74, 6) is 2.13. The largest absolute Gasteiger partial charge is 0.465 e. The molecule has 1 aromatic rings. The van der Waals surface area contributed by atoms with Crippen LogP contribution >= 0.6 is 0 Å². The average Bonchev–Trinajstić information content (AvgIpc) is 3.12. The number of hydrogen-bond acceptors (Lipinski definition) is 4. The number of morpholine rings is 1. The van der Waals surface area contributed by atoms with E-state index in [0.717, 1.165) is 43.7 Å². The lowest BCUT2D eigenvalue weighted by molar-refractivity contribution is -0.0705. The fourth-order valence-corrected chi connectivity index (χ4v) is 3.02. The highest BCUT2D eigenvalue weighted by atomic mass is 16.5. The fourth-order valence-electron chi connectivity index (χ4n) is 3.02. The molecular weight excluding hydrogens is 252 g/mol. The van der Waals surface area contributed by atoms with Crippen molar-refractivity contribution in [3.05, 3.63) is 23.2 Å². The predicted molar refractivity (Wildman–Crippen MR) is 78.6 cm³/mol. The van der Waals surface area contributed by atoms with Gasteiger partial charge in [0.25, 0.3) is 0 Å². The summed E-state index contributed by atoms with van der Waals surface area (Å²) in [6.45, 7) is 10.2. The van der Waals surface area contributed by atoms with E-state index in [4.69, 9.17) is 9.15 Å². The standard InChI is InChI=1S/C16H26N2O2/c1-11-8-18(9-12(2)19-11)10-14-6-16(20-13(14)3)7-17-15-4-5-15/h6,11-12,15,17H,4-5,7-10H2,1-3H3/t11-,12+. The molecule has 1 saturated heterocycles. The first-order valence-corrected chi connectivity index (χ1v) is 7.79. The molecule has 0 spiro atoms. The molecule has 0 unspecified atom stereocenters. The molecule has 0 aromatic carbocycles. The highest BCUT2D eigenvalue weighted by Gasteiger charge is 2.24. The van der Waals surface area contributed by atoms with Gasteiger partial charge in [0.05, 0.1) is 18.8 Å². The van der Waals surface area contributed by atoms with Gasteiger partial charge in [0.2, 0.25) is 0 Å². The third-order valence-corrected chi connectivity index (χ3v) is 4.10. The molecule has 0 bridgehead atoms. The minimum absolute atomic E-state index is 0.321. The fraction of sp³-hybridized carbons (Fsp3) is 0.750. The zero-order valence-electron chi connectivity index (χ0n) is 12.8. The van der Waals surface area contributed by atoms with E-state index in [1.165, 1.54) is 18.4 Å². The minimum atomic E-state index is 0.321. The number of nitrogens with zero attached hydrogens (tertiary/aromatic N) is 1. The molecule has 4 nitrogen and oxygen atoms in total. The maximum absolute atomic E-state index is 5.87. The molecule has 0 amide bonds. The Labute approximate surface area is 121 Å². The van der Waals surface area contributed by atoms with Crippen molar-refractivity contribution in [2.24, 2.45) is 0 Å². The molecular formula is C16H26N2O2. The van der Waals surface area contributed by atoms with Gasteiger partial charge in [-0.1, -0.05) is 0 Å². The van der Waals surface area contributed by atoms with Crippen LogP contribution in [0.15, 0.2) is 10.5 Å². The van der Waals surface area contributed by atoms with Crippen LogP contribution in [0.1, 0.15) is 43.8 Å². The number of nitrogens with one attached hydrogen (secondary N) is 1. The van der Waals surface area contributed by atoms with Crippen LogP contribution in [-0.2, 0) is 17.8 Å². The SMILES string of the molecule is Cc1oc(CNC2CC2)cc1CN1C[C@@H](C)O[C@@H](C)C1. The lowest BCUT2D eigenvalue weighted by atomic mass is 10.2.